The minimum absolute atomic E-state index is 0.341. The van der Waals surface area contributed by atoms with Crippen LogP contribution in [0.15, 0.2) is 24.5 Å². The fraction of sp³-hybridized carbons (Fsp3) is 0.333. The maximum atomic E-state index is 11.0. The van der Waals surface area contributed by atoms with Gasteiger partial charge in [-0.1, -0.05) is 0 Å². The van der Waals surface area contributed by atoms with Crippen molar-refractivity contribution in [1.82, 2.24) is 19.7 Å². The lowest BCUT2D eigenvalue weighted by molar-refractivity contribution is -0.142. The van der Waals surface area contributed by atoms with Crippen molar-refractivity contribution in [3.63, 3.8) is 0 Å². The van der Waals surface area contributed by atoms with Gasteiger partial charge < -0.3 is 9.67 Å². The lowest BCUT2D eigenvalue weighted by Gasteiger charge is -2.20. The van der Waals surface area contributed by atoms with E-state index in [0.717, 1.165) is 17.2 Å². The summed E-state index contributed by atoms with van der Waals surface area (Å²) in [6.07, 6.45) is 4.49. The summed E-state index contributed by atoms with van der Waals surface area (Å²) in [5, 5.41) is 17.3. The van der Waals surface area contributed by atoms with Crippen molar-refractivity contribution in [3.8, 4) is 11.4 Å². The van der Waals surface area contributed by atoms with Crippen LogP contribution in [0.4, 0.5) is 0 Å². The molecule has 6 nitrogen and oxygen atoms in total. The summed E-state index contributed by atoms with van der Waals surface area (Å²) in [5.74, 6) is 0.443. The minimum atomic E-state index is -0.755. The van der Waals surface area contributed by atoms with Gasteiger partial charge in [-0.15, -0.1) is 10.2 Å². The van der Waals surface area contributed by atoms with Crippen molar-refractivity contribution in [2.24, 2.45) is 5.92 Å². The van der Waals surface area contributed by atoms with Crippen LogP contribution in [0.1, 0.15) is 12.2 Å². The van der Waals surface area contributed by atoms with E-state index in [4.69, 9.17) is 5.11 Å². The summed E-state index contributed by atoms with van der Waals surface area (Å²) in [5.41, 5.74) is 0.956. The smallest absolute Gasteiger partial charge is 0.307 e. The van der Waals surface area contributed by atoms with Crippen molar-refractivity contribution in [1.29, 1.82) is 0 Å². The number of carboxylic acids is 1. The molecule has 0 aliphatic carbocycles. The summed E-state index contributed by atoms with van der Waals surface area (Å²) in [6, 6.07) is 3.75. The van der Waals surface area contributed by atoms with E-state index in [9.17, 15) is 4.79 Å². The Morgan fingerprint density at radius 1 is 1.33 bits per heavy atom. The highest BCUT2D eigenvalue weighted by atomic mass is 16.4. The number of pyridine rings is 1. The van der Waals surface area contributed by atoms with Gasteiger partial charge >= 0.3 is 5.97 Å². The summed E-state index contributed by atoms with van der Waals surface area (Å²) in [6.45, 7) is 0.650. The SMILES string of the molecule is O=C(O)C1CCn2c(nnc2-c2ccncc2)C1. The molecule has 0 saturated heterocycles. The second-order valence-electron chi connectivity index (χ2n) is 4.36. The fourth-order valence-electron chi connectivity index (χ4n) is 2.25. The third-order valence-corrected chi connectivity index (χ3v) is 3.25. The Morgan fingerprint density at radius 3 is 2.83 bits per heavy atom. The topological polar surface area (TPSA) is 80.9 Å². The Kier molecular flexibility index (Phi) is 2.55. The van der Waals surface area contributed by atoms with E-state index >= 15 is 0 Å². The van der Waals surface area contributed by atoms with E-state index in [-0.39, 0.29) is 5.92 Å². The molecule has 3 rings (SSSR count). The summed E-state index contributed by atoms with van der Waals surface area (Å²) < 4.78 is 1.99. The molecule has 0 bridgehead atoms. The van der Waals surface area contributed by atoms with Crippen LogP contribution < -0.4 is 0 Å². The van der Waals surface area contributed by atoms with Gasteiger partial charge in [0.2, 0.25) is 0 Å². The molecule has 3 heterocycles. The van der Waals surface area contributed by atoms with Crippen molar-refractivity contribution in [2.45, 2.75) is 19.4 Å². The second-order valence-corrected chi connectivity index (χ2v) is 4.36. The van der Waals surface area contributed by atoms with Gasteiger partial charge in [-0.2, -0.15) is 0 Å². The molecule has 0 amide bonds. The first-order valence-electron chi connectivity index (χ1n) is 5.81. The minimum Gasteiger partial charge on any atom is -0.481 e. The number of carbonyl (C=O) groups is 1. The number of aromatic nitrogens is 4. The fourth-order valence-corrected chi connectivity index (χ4v) is 2.25. The first-order chi connectivity index (χ1) is 8.75. The molecule has 0 fully saturated rings. The molecule has 0 radical (unpaired) electrons. The van der Waals surface area contributed by atoms with E-state index in [1.807, 2.05) is 16.7 Å². The summed E-state index contributed by atoms with van der Waals surface area (Å²) >= 11 is 0. The Morgan fingerprint density at radius 2 is 2.11 bits per heavy atom. The largest absolute Gasteiger partial charge is 0.481 e. The van der Waals surface area contributed by atoms with Gasteiger partial charge in [0.1, 0.15) is 5.82 Å². The predicted octanol–water partition coefficient (Wildman–Crippen LogP) is 0.987. The van der Waals surface area contributed by atoms with E-state index in [0.29, 0.717) is 19.4 Å². The van der Waals surface area contributed by atoms with Crippen LogP contribution in [0.2, 0.25) is 0 Å². The molecule has 1 aliphatic rings. The van der Waals surface area contributed by atoms with Crippen molar-refractivity contribution in [3.05, 3.63) is 30.4 Å². The van der Waals surface area contributed by atoms with Crippen LogP contribution in [-0.2, 0) is 17.8 Å². The molecule has 6 heteroatoms. The van der Waals surface area contributed by atoms with Crippen LogP contribution in [0.3, 0.4) is 0 Å². The monoisotopic (exact) mass is 244 g/mol. The third-order valence-electron chi connectivity index (χ3n) is 3.25. The molecular weight excluding hydrogens is 232 g/mol. The summed E-state index contributed by atoms with van der Waals surface area (Å²) in [4.78, 5) is 14.9. The highest BCUT2D eigenvalue weighted by Crippen LogP contribution is 2.25. The zero-order valence-electron chi connectivity index (χ0n) is 9.65. The zero-order chi connectivity index (χ0) is 12.5. The number of rotatable bonds is 2. The highest BCUT2D eigenvalue weighted by molar-refractivity contribution is 5.70. The number of hydrogen-bond acceptors (Lipinski definition) is 4. The Balaban J connectivity index is 1.96. The molecule has 2 aromatic heterocycles. The maximum absolute atomic E-state index is 11.0. The van der Waals surface area contributed by atoms with Gasteiger partial charge in [-0.05, 0) is 18.6 Å². The van der Waals surface area contributed by atoms with Gasteiger partial charge in [0.15, 0.2) is 5.82 Å². The van der Waals surface area contributed by atoms with Gasteiger partial charge in [0, 0.05) is 30.9 Å². The number of nitrogens with zero attached hydrogens (tertiary/aromatic N) is 4. The van der Waals surface area contributed by atoms with Crippen LogP contribution in [0.5, 0.6) is 0 Å². The third kappa shape index (κ3) is 1.75. The lowest BCUT2D eigenvalue weighted by Crippen LogP contribution is -2.26. The second kappa shape index (κ2) is 4.21. The van der Waals surface area contributed by atoms with Crippen molar-refractivity contribution in [2.75, 3.05) is 0 Å². The molecule has 1 atom stereocenters. The molecule has 0 spiro atoms. The average Bonchev–Trinajstić information content (AvgIpc) is 2.82. The summed E-state index contributed by atoms with van der Waals surface area (Å²) in [7, 11) is 0. The standard InChI is InChI=1S/C12H12N4O2/c17-12(18)9-3-6-16-10(7-9)14-15-11(16)8-1-4-13-5-2-8/h1-2,4-5,9H,3,6-7H2,(H,17,18). The van der Waals surface area contributed by atoms with Crippen LogP contribution in [-0.4, -0.2) is 30.8 Å². The number of carboxylic acid groups (broad SMARTS) is 1. The van der Waals surface area contributed by atoms with E-state index < -0.39 is 5.97 Å². The average molecular weight is 244 g/mol. The molecule has 1 N–H and O–H groups in total. The zero-order valence-corrected chi connectivity index (χ0v) is 9.65. The molecule has 2 aromatic rings. The molecule has 1 aliphatic heterocycles. The van der Waals surface area contributed by atoms with Crippen LogP contribution in [0.25, 0.3) is 11.4 Å². The molecule has 18 heavy (non-hydrogen) atoms. The Bertz CT molecular complexity index is 579. The lowest BCUT2D eigenvalue weighted by atomic mass is 9.98. The number of aliphatic carboxylic acids is 1. The van der Waals surface area contributed by atoms with E-state index in [1.165, 1.54) is 0 Å². The van der Waals surface area contributed by atoms with Crippen molar-refractivity contribution >= 4 is 5.97 Å². The maximum Gasteiger partial charge on any atom is 0.307 e. The Labute approximate surface area is 103 Å². The molecule has 0 saturated carbocycles. The van der Waals surface area contributed by atoms with Gasteiger partial charge in [0.05, 0.1) is 5.92 Å². The first-order valence-corrected chi connectivity index (χ1v) is 5.81. The van der Waals surface area contributed by atoms with Crippen LogP contribution in [0, 0.1) is 5.92 Å². The quantitative estimate of drug-likeness (QED) is 0.851. The van der Waals surface area contributed by atoms with Gasteiger partial charge in [-0.3, -0.25) is 9.78 Å². The van der Waals surface area contributed by atoms with Gasteiger partial charge in [-0.25, -0.2) is 0 Å². The molecular formula is C12H12N4O2. The Hall–Kier alpha value is -2.24. The number of fused-ring (bicyclic) bond motifs is 1. The molecule has 1 unspecified atom stereocenters. The van der Waals surface area contributed by atoms with E-state index in [2.05, 4.69) is 15.2 Å². The normalized spacial score (nSPS) is 18.3. The van der Waals surface area contributed by atoms with Crippen molar-refractivity contribution < 1.29 is 9.90 Å². The predicted molar refractivity (Wildman–Crippen MR) is 62.7 cm³/mol. The number of hydrogen-bond donors (Lipinski definition) is 1. The van der Waals surface area contributed by atoms with Crippen LogP contribution >= 0.6 is 0 Å². The first kappa shape index (κ1) is 10.9. The van der Waals surface area contributed by atoms with Gasteiger partial charge in [0.25, 0.3) is 0 Å². The molecule has 0 aromatic carbocycles. The molecule has 92 valence electrons. The van der Waals surface area contributed by atoms with E-state index in [1.54, 1.807) is 12.4 Å². The highest BCUT2D eigenvalue weighted by Gasteiger charge is 2.27.